The van der Waals surface area contributed by atoms with Crippen molar-refractivity contribution < 1.29 is 20.1 Å². The maximum absolute atomic E-state index is 11.3. The third-order valence-electron chi connectivity index (χ3n) is 5.23. The molecular formula is C16H26O4. The molecule has 4 nitrogen and oxygen atoms in total. The molecule has 0 aromatic rings. The molecule has 20 heavy (non-hydrogen) atoms. The SMILES string of the molecule is CC(=C(C(=O)O)C(O)O)C(C1CCCC1)C1CCCC1. The minimum atomic E-state index is -1.88. The molecule has 0 bridgehead atoms. The van der Waals surface area contributed by atoms with Gasteiger partial charge in [-0.25, -0.2) is 4.79 Å². The van der Waals surface area contributed by atoms with Crippen LogP contribution in [0.25, 0.3) is 0 Å². The third-order valence-corrected chi connectivity index (χ3v) is 5.23. The maximum Gasteiger partial charge on any atom is 0.336 e. The van der Waals surface area contributed by atoms with Gasteiger partial charge in [0.1, 0.15) is 0 Å². The molecule has 0 amide bonds. The van der Waals surface area contributed by atoms with Crippen LogP contribution in [-0.4, -0.2) is 27.6 Å². The Balaban J connectivity index is 2.32. The summed E-state index contributed by atoms with van der Waals surface area (Å²) in [6, 6.07) is 0. The van der Waals surface area contributed by atoms with Gasteiger partial charge in [0.05, 0.1) is 5.57 Å². The van der Waals surface area contributed by atoms with E-state index in [9.17, 15) is 20.1 Å². The van der Waals surface area contributed by atoms with Gasteiger partial charge in [-0.1, -0.05) is 31.3 Å². The van der Waals surface area contributed by atoms with Gasteiger partial charge in [-0.15, -0.1) is 0 Å². The molecular weight excluding hydrogens is 256 g/mol. The van der Waals surface area contributed by atoms with E-state index in [2.05, 4.69) is 0 Å². The Hall–Kier alpha value is -0.870. The van der Waals surface area contributed by atoms with Crippen molar-refractivity contribution in [3.63, 3.8) is 0 Å². The fourth-order valence-corrected chi connectivity index (χ4v) is 4.39. The minimum Gasteiger partial charge on any atom is -0.478 e. The first kappa shape index (κ1) is 15.5. The number of hydrogen-bond donors (Lipinski definition) is 3. The molecule has 2 saturated carbocycles. The molecule has 2 rings (SSSR count). The van der Waals surface area contributed by atoms with Gasteiger partial charge >= 0.3 is 5.97 Å². The highest BCUT2D eigenvalue weighted by Crippen LogP contribution is 2.45. The second-order valence-corrected chi connectivity index (χ2v) is 6.39. The highest BCUT2D eigenvalue weighted by molar-refractivity contribution is 5.88. The number of aliphatic carboxylic acids is 1. The summed E-state index contributed by atoms with van der Waals surface area (Å²) in [7, 11) is 0. The summed E-state index contributed by atoms with van der Waals surface area (Å²) in [5.74, 6) is 0.0591. The van der Waals surface area contributed by atoms with Gasteiger partial charge in [0.25, 0.3) is 0 Å². The van der Waals surface area contributed by atoms with E-state index in [-0.39, 0.29) is 11.5 Å². The van der Waals surface area contributed by atoms with Crippen LogP contribution in [0.1, 0.15) is 58.3 Å². The normalized spacial score (nSPS) is 22.9. The number of carboxylic acids is 1. The van der Waals surface area contributed by atoms with Gasteiger partial charge in [0, 0.05) is 0 Å². The lowest BCUT2D eigenvalue weighted by atomic mass is 9.74. The standard InChI is InChI=1S/C16H26O4/c1-10(14(15(17)18)16(19)20)13(11-6-2-3-7-11)12-8-4-5-9-12/h11-13,15,17-18H,2-9H2,1H3,(H,19,20). The molecule has 0 aromatic heterocycles. The summed E-state index contributed by atoms with van der Waals surface area (Å²) < 4.78 is 0. The van der Waals surface area contributed by atoms with E-state index in [0.29, 0.717) is 17.4 Å². The lowest BCUT2D eigenvalue weighted by Crippen LogP contribution is -2.27. The number of carbonyl (C=O) groups is 1. The van der Waals surface area contributed by atoms with Crippen LogP contribution in [0.3, 0.4) is 0 Å². The molecule has 0 saturated heterocycles. The van der Waals surface area contributed by atoms with Gasteiger partial charge in [0.2, 0.25) is 0 Å². The fourth-order valence-electron chi connectivity index (χ4n) is 4.39. The van der Waals surface area contributed by atoms with E-state index >= 15 is 0 Å². The summed E-state index contributed by atoms with van der Waals surface area (Å²) in [6.07, 6.45) is 7.56. The largest absolute Gasteiger partial charge is 0.478 e. The number of allylic oxidation sites excluding steroid dienone is 1. The smallest absolute Gasteiger partial charge is 0.336 e. The average Bonchev–Trinajstić information content (AvgIpc) is 3.01. The van der Waals surface area contributed by atoms with Gasteiger partial charge in [-0.3, -0.25) is 0 Å². The van der Waals surface area contributed by atoms with Crippen LogP contribution in [0, 0.1) is 17.8 Å². The van der Waals surface area contributed by atoms with Gasteiger partial charge in [-0.2, -0.15) is 0 Å². The topological polar surface area (TPSA) is 77.8 Å². The minimum absolute atomic E-state index is 0.200. The molecule has 0 spiro atoms. The molecule has 3 N–H and O–H groups in total. The predicted molar refractivity (Wildman–Crippen MR) is 76.0 cm³/mol. The monoisotopic (exact) mass is 282 g/mol. The average molecular weight is 282 g/mol. The van der Waals surface area contributed by atoms with Crippen molar-refractivity contribution in [2.45, 2.75) is 64.6 Å². The number of aliphatic hydroxyl groups excluding tert-OH is 1. The molecule has 0 aromatic carbocycles. The summed E-state index contributed by atoms with van der Waals surface area (Å²) in [5.41, 5.74) is 0.500. The molecule has 0 unspecified atom stereocenters. The summed E-state index contributed by atoms with van der Waals surface area (Å²) in [4.78, 5) is 11.3. The van der Waals surface area contributed by atoms with Gasteiger partial charge in [0.15, 0.2) is 6.29 Å². The fraction of sp³-hybridized carbons (Fsp3) is 0.812. The van der Waals surface area contributed by atoms with E-state index in [1.54, 1.807) is 6.92 Å². The molecule has 0 heterocycles. The Morgan fingerprint density at radius 3 is 1.65 bits per heavy atom. The van der Waals surface area contributed by atoms with Gasteiger partial charge in [-0.05, 0) is 50.4 Å². The molecule has 4 heteroatoms. The zero-order valence-electron chi connectivity index (χ0n) is 12.2. The van der Waals surface area contributed by atoms with E-state index in [4.69, 9.17) is 0 Å². The Morgan fingerprint density at radius 1 is 0.950 bits per heavy atom. The highest BCUT2D eigenvalue weighted by atomic mass is 16.5. The molecule has 0 radical (unpaired) electrons. The number of aliphatic hydroxyl groups is 2. The van der Waals surface area contributed by atoms with Crippen LogP contribution in [0.4, 0.5) is 0 Å². The summed E-state index contributed by atoms with van der Waals surface area (Å²) in [5, 5.41) is 28.1. The van der Waals surface area contributed by atoms with Crippen LogP contribution in [0.2, 0.25) is 0 Å². The van der Waals surface area contributed by atoms with E-state index in [1.165, 1.54) is 25.7 Å². The van der Waals surface area contributed by atoms with Crippen LogP contribution in [0.15, 0.2) is 11.1 Å². The molecule has 0 atom stereocenters. The molecule has 114 valence electrons. The van der Waals surface area contributed by atoms with Crippen LogP contribution < -0.4 is 0 Å². The Bertz CT molecular complexity index is 358. The maximum atomic E-state index is 11.3. The highest BCUT2D eigenvalue weighted by Gasteiger charge is 2.36. The number of rotatable bonds is 5. The van der Waals surface area contributed by atoms with Crippen molar-refractivity contribution in [3.8, 4) is 0 Å². The number of hydrogen-bond acceptors (Lipinski definition) is 3. The van der Waals surface area contributed by atoms with Gasteiger partial charge < -0.3 is 15.3 Å². The first-order chi connectivity index (χ1) is 9.52. The van der Waals surface area contributed by atoms with Crippen LogP contribution >= 0.6 is 0 Å². The first-order valence-electron chi connectivity index (χ1n) is 7.82. The lowest BCUT2D eigenvalue weighted by Gasteiger charge is -2.31. The zero-order chi connectivity index (χ0) is 14.7. The molecule has 2 fully saturated rings. The Morgan fingerprint density at radius 2 is 1.35 bits per heavy atom. The molecule has 2 aliphatic carbocycles. The van der Waals surface area contributed by atoms with Crippen molar-refractivity contribution in [1.82, 2.24) is 0 Å². The van der Waals surface area contributed by atoms with E-state index in [1.807, 2.05) is 0 Å². The van der Waals surface area contributed by atoms with Crippen LogP contribution in [-0.2, 0) is 4.79 Å². The second kappa shape index (κ2) is 6.72. The second-order valence-electron chi connectivity index (χ2n) is 6.39. The predicted octanol–water partition coefficient (Wildman–Crippen LogP) is 2.69. The van der Waals surface area contributed by atoms with E-state index in [0.717, 1.165) is 25.7 Å². The molecule has 0 aliphatic heterocycles. The van der Waals surface area contributed by atoms with Crippen molar-refractivity contribution in [2.24, 2.45) is 17.8 Å². The Kier molecular flexibility index (Phi) is 5.22. The van der Waals surface area contributed by atoms with Crippen molar-refractivity contribution >= 4 is 5.97 Å². The Labute approximate surface area is 120 Å². The van der Waals surface area contributed by atoms with Crippen molar-refractivity contribution in [1.29, 1.82) is 0 Å². The first-order valence-corrected chi connectivity index (χ1v) is 7.82. The summed E-state index contributed by atoms with van der Waals surface area (Å²) in [6.45, 7) is 1.80. The van der Waals surface area contributed by atoms with E-state index < -0.39 is 12.3 Å². The summed E-state index contributed by atoms with van der Waals surface area (Å²) >= 11 is 0. The zero-order valence-corrected chi connectivity index (χ0v) is 12.2. The van der Waals surface area contributed by atoms with Crippen molar-refractivity contribution in [2.75, 3.05) is 0 Å². The quantitative estimate of drug-likeness (QED) is 0.535. The molecule has 2 aliphatic rings. The number of carboxylic acid groups (broad SMARTS) is 1. The van der Waals surface area contributed by atoms with Crippen molar-refractivity contribution in [3.05, 3.63) is 11.1 Å². The lowest BCUT2D eigenvalue weighted by molar-refractivity contribution is -0.136. The third kappa shape index (κ3) is 3.23. The van der Waals surface area contributed by atoms with Crippen LogP contribution in [0.5, 0.6) is 0 Å².